The second-order valence-corrected chi connectivity index (χ2v) is 6.21. The fourth-order valence-corrected chi connectivity index (χ4v) is 2.07. The van der Waals surface area contributed by atoms with Crippen molar-refractivity contribution in [2.45, 2.75) is 40.0 Å². The summed E-state index contributed by atoms with van der Waals surface area (Å²) in [4.78, 5) is 9.39. The Hall–Kier alpha value is -1.90. The van der Waals surface area contributed by atoms with Crippen molar-refractivity contribution in [3.05, 3.63) is 41.1 Å². The maximum absolute atomic E-state index is 4.77. The van der Waals surface area contributed by atoms with Crippen LogP contribution in [0.15, 0.2) is 24.3 Å². The maximum atomic E-state index is 4.77. The van der Waals surface area contributed by atoms with Crippen molar-refractivity contribution in [1.82, 2.24) is 9.97 Å². The van der Waals surface area contributed by atoms with Crippen LogP contribution >= 0.6 is 0 Å². The number of nitrogens with zero attached hydrogens (tertiary/aromatic N) is 2. The van der Waals surface area contributed by atoms with E-state index in [2.05, 4.69) is 63.1 Å². The van der Waals surface area contributed by atoms with Gasteiger partial charge in [0.05, 0.1) is 5.69 Å². The van der Waals surface area contributed by atoms with Gasteiger partial charge in [0.2, 0.25) is 0 Å². The molecule has 0 spiro atoms. The summed E-state index contributed by atoms with van der Waals surface area (Å²) in [6.45, 7) is 10.7. The highest BCUT2D eigenvalue weighted by Gasteiger charge is 2.19. The van der Waals surface area contributed by atoms with Crippen LogP contribution in [0.25, 0.3) is 11.4 Å². The van der Waals surface area contributed by atoms with E-state index in [1.54, 1.807) is 0 Å². The summed E-state index contributed by atoms with van der Waals surface area (Å²) in [6.07, 6.45) is 0. The van der Waals surface area contributed by atoms with Gasteiger partial charge in [-0.25, -0.2) is 9.97 Å². The van der Waals surface area contributed by atoms with E-state index in [4.69, 9.17) is 4.98 Å². The molecule has 0 saturated carbocycles. The maximum Gasteiger partial charge on any atom is 0.162 e. The third-order valence-corrected chi connectivity index (χ3v) is 3.60. The molecule has 0 atom stereocenters. The molecular formula is C17H23N3. The second-order valence-electron chi connectivity index (χ2n) is 6.21. The van der Waals surface area contributed by atoms with Crippen molar-refractivity contribution >= 4 is 5.82 Å². The third-order valence-electron chi connectivity index (χ3n) is 3.60. The average molecular weight is 269 g/mol. The number of aryl methyl sites for hydroxylation is 1. The lowest BCUT2D eigenvalue weighted by Gasteiger charge is -2.20. The lowest BCUT2D eigenvalue weighted by molar-refractivity contribution is 0.568. The zero-order valence-corrected chi connectivity index (χ0v) is 13.2. The van der Waals surface area contributed by atoms with Gasteiger partial charge in [-0.1, -0.05) is 39.0 Å². The van der Waals surface area contributed by atoms with E-state index in [1.807, 2.05) is 13.1 Å². The summed E-state index contributed by atoms with van der Waals surface area (Å²) >= 11 is 0. The molecule has 0 fully saturated rings. The molecule has 1 aromatic heterocycles. The first-order chi connectivity index (χ1) is 9.32. The van der Waals surface area contributed by atoms with Crippen LogP contribution in [0.2, 0.25) is 0 Å². The van der Waals surface area contributed by atoms with Gasteiger partial charge < -0.3 is 5.32 Å². The Kier molecular flexibility index (Phi) is 3.80. The highest BCUT2D eigenvalue weighted by molar-refractivity contribution is 5.63. The van der Waals surface area contributed by atoms with Crippen molar-refractivity contribution in [2.75, 3.05) is 12.4 Å². The molecule has 2 aromatic rings. The van der Waals surface area contributed by atoms with Crippen LogP contribution in [0, 0.1) is 13.8 Å². The lowest BCUT2D eigenvalue weighted by atomic mass is 9.91. The normalized spacial score (nSPS) is 11.5. The molecule has 106 valence electrons. The van der Waals surface area contributed by atoms with Gasteiger partial charge in [0.25, 0.3) is 0 Å². The topological polar surface area (TPSA) is 37.8 Å². The van der Waals surface area contributed by atoms with Crippen LogP contribution in [0.1, 0.15) is 37.6 Å². The van der Waals surface area contributed by atoms with Crippen LogP contribution in [-0.4, -0.2) is 17.0 Å². The molecule has 20 heavy (non-hydrogen) atoms. The van der Waals surface area contributed by atoms with Crippen LogP contribution in [0.3, 0.4) is 0 Å². The summed E-state index contributed by atoms with van der Waals surface area (Å²) in [5.74, 6) is 1.66. The Bertz CT molecular complexity index is 625. The first-order valence-corrected chi connectivity index (χ1v) is 6.97. The SMILES string of the molecule is CNc1cc(C(C)(C)C)nc(-c2cccc(C)c2C)n1. The van der Waals surface area contributed by atoms with E-state index in [-0.39, 0.29) is 5.41 Å². The minimum absolute atomic E-state index is 0.00101. The summed E-state index contributed by atoms with van der Waals surface area (Å²) in [7, 11) is 1.89. The van der Waals surface area contributed by atoms with Crippen LogP contribution < -0.4 is 5.32 Å². The monoisotopic (exact) mass is 269 g/mol. The minimum Gasteiger partial charge on any atom is -0.373 e. The Morgan fingerprint density at radius 3 is 2.35 bits per heavy atom. The van der Waals surface area contributed by atoms with Gasteiger partial charge in [-0.15, -0.1) is 0 Å². The summed E-state index contributed by atoms with van der Waals surface area (Å²) in [6, 6.07) is 8.29. The molecule has 0 amide bonds. The van der Waals surface area contributed by atoms with Gasteiger partial charge in [0, 0.05) is 24.1 Å². The number of hydrogen-bond donors (Lipinski definition) is 1. The predicted molar refractivity (Wildman–Crippen MR) is 85.2 cm³/mol. The number of nitrogens with one attached hydrogen (secondary N) is 1. The smallest absolute Gasteiger partial charge is 0.162 e. The fourth-order valence-electron chi connectivity index (χ4n) is 2.07. The van der Waals surface area contributed by atoms with E-state index >= 15 is 0 Å². The summed E-state index contributed by atoms with van der Waals surface area (Å²) in [5, 5.41) is 3.13. The molecule has 3 nitrogen and oxygen atoms in total. The first-order valence-electron chi connectivity index (χ1n) is 6.97. The highest BCUT2D eigenvalue weighted by atomic mass is 15.0. The van der Waals surface area contributed by atoms with Crippen molar-refractivity contribution in [1.29, 1.82) is 0 Å². The number of rotatable bonds is 2. The van der Waals surface area contributed by atoms with E-state index < -0.39 is 0 Å². The average Bonchev–Trinajstić information content (AvgIpc) is 2.40. The van der Waals surface area contributed by atoms with Gasteiger partial charge in [-0.2, -0.15) is 0 Å². The highest BCUT2D eigenvalue weighted by Crippen LogP contribution is 2.28. The molecule has 1 aromatic carbocycles. The number of anilines is 1. The van der Waals surface area contributed by atoms with Gasteiger partial charge in [-0.3, -0.25) is 0 Å². The Labute approximate surface area is 121 Å². The van der Waals surface area contributed by atoms with Crippen molar-refractivity contribution in [3.8, 4) is 11.4 Å². The minimum atomic E-state index is 0.00101. The van der Waals surface area contributed by atoms with E-state index in [9.17, 15) is 0 Å². The molecule has 2 rings (SSSR count). The molecule has 0 radical (unpaired) electrons. The standard InChI is InChI=1S/C17H23N3/c1-11-8-7-9-13(12(11)2)16-19-14(17(3,4)5)10-15(18-6)20-16/h7-10H,1-6H3,(H,18,19,20). The number of benzene rings is 1. The van der Waals surface area contributed by atoms with Gasteiger partial charge in [-0.05, 0) is 25.0 Å². The van der Waals surface area contributed by atoms with Gasteiger partial charge in [0.15, 0.2) is 5.82 Å². The molecule has 0 aliphatic rings. The van der Waals surface area contributed by atoms with E-state index in [0.29, 0.717) is 0 Å². The van der Waals surface area contributed by atoms with E-state index in [1.165, 1.54) is 11.1 Å². The molecule has 0 saturated heterocycles. The first kappa shape index (κ1) is 14.5. The Morgan fingerprint density at radius 2 is 1.75 bits per heavy atom. The quantitative estimate of drug-likeness (QED) is 0.892. The number of aromatic nitrogens is 2. The molecule has 0 unspecified atom stereocenters. The van der Waals surface area contributed by atoms with Crippen LogP contribution in [-0.2, 0) is 5.41 Å². The lowest BCUT2D eigenvalue weighted by Crippen LogP contribution is -2.15. The van der Waals surface area contributed by atoms with Crippen LogP contribution in [0.5, 0.6) is 0 Å². The molecule has 0 aliphatic carbocycles. The Morgan fingerprint density at radius 1 is 1.05 bits per heavy atom. The van der Waals surface area contributed by atoms with Crippen molar-refractivity contribution < 1.29 is 0 Å². The summed E-state index contributed by atoms with van der Waals surface area (Å²) in [5.41, 5.74) is 4.65. The molecule has 1 N–H and O–H groups in total. The van der Waals surface area contributed by atoms with E-state index in [0.717, 1.165) is 22.9 Å². The molecule has 3 heteroatoms. The molecule has 0 bridgehead atoms. The molecule has 0 aliphatic heterocycles. The molecular weight excluding hydrogens is 246 g/mol. The largest absolute Gasteiger partial charge is 0.373 e. The molecule has 1 heterocycles. The Balaban J connectivity index is 2.65. The summed E-state index contributed by atoms with van der Waals surface area (Å²) < 4.78 is 0. The predicted octanol–water partition coefficient (Wildman–Crippen LogP) is 4.10. The van der Waals surface area contributed by atoms with Gasteiger partial charge >= 0.3 is 0 Å². The zero-order chi connectivity index (χ0) is 14.9. The van der Waals surface area contributed by atoms with Crippen molar-refractivity contribution in [2.24, 2.45) is 0 Å². The van der Waals surface area contributed by atoms with Gasteiger partial charge in [0.1, 0.15) is 5.82 Å². The van der Waals surface area contributed by atoms with Crippen LogP contribution in [0.4, 0.5) is 5.82 Å². The zero-order valence-electron chi connectivity index (χ0n) is 13.2. The second kappa shape index (κ2) is 5.23. The fraction of sp³-hybridized carbons (Fsp3) is 0.412. The third kappa shape index (κ3) is 2.82. The van der Waals surface area contributed by atoms with Crippen molar-refractivity contribution in [3.63, 3.8) is 0 Å². The number of hydrogen-bond acceptors (Lipinski definition) is 3.